The van der Waals surface area contributed by atoms with Gasteiger partial charge in [0.05, 0.1) is 6.20 Å². The number of sulfonamides is 1. The number of thiazole rings is 1. The molecule has 0 aliphatic carbocycles. The van der Waals surface area contributed by atoms with E-state index in [1.54, 1.807) is 0 Å². The van der Waals surface area contributed by atoms with Crippen LogP contribution in [0.5, 0.6) is 0 Å². The van der Waals surface area contributed by atoms with Gasteiger partial charge in [0.25, 0.3) is 10.0 Å². The van der Waals surface area contributed by atoms with E-state index in [1.165, 1.54) is 10.5 Å². The molecule has 0 bridgehead atoms. The summed E-state index contributed by atoms with van der Waals surface area (Å²) in [7, 11) is -3.39. The zero-order valence-electron chi connectivity index (χ0n) is 9.47. The van der Waals surface area contributed by atoms with E-state index in [0.29, 0.717) is 13.1 Å². The average molecular weight is 296 g/mol. The molecule has 1 aliphatic heterocycles. The Morgan fingerprint density at radius 3 is 2.53 bits per heavy atom. The molecule has 0 saturated carbocycles. The van der Waals surface area contributed by atoms with Crippen molar-refractivity contribution in [3.63, 3.8) is 0 Å². The van der Waals surface area contributed by atoms with E-state index < -0.39 is 10.0 Å². The molecule has 1 fully saturated rings. The van der Waals surface area contributed by atoms with Crippen LogP contribution in [0.15, 0.2) is 10.4 Å². The third-order valence-corrected chi connectivity index (χ3v) is 6.28. The summed E-state index contributed by atoms with van der Waals surface area (Å²) in [6, 6.07) is 0. The van der Waals surface area contributed by atoms with Gasteiger partial charge >= 0.3 is 0 Å². The summed E-state index contributed by atoms with van der Waals surface area (Å²) in [5.41, 5.74) is 0. The molecule has 1 aliphatic rings. The van der Waals surface area contributed by atoms with Crippen LogP contribution in [0.2, 0.25) is 4.47 Å². The van der Waals surface area contributed by atoms with Crippen LogP contribution in [0.4, 0.5) is 0 Å². The first kappa shape index (κ1) is 13.2. The summed E-state index contributed by atoms with van der Waals surface area (Å²) in [5, 5.41) is 0. The van der Waals surface area contributed by atoms with Crippen molar-refractivity contribution in [2.75, 3.05) is 32.7 Å². The number of halogens is 1. The maximum atomic E-state index is 12.2. The molecule has 8 heteroatoms. The van der Waals surface area contributed by atoms with E-state index in [0.717, 1.165) is 31.0 Å². The molecule has 1 aromatic heterocycles. The Hall–Kier alpha value is -0.210. The van der Waals surface area contributed by atoms with E-state index in [-0.39, 0.29) is 8.68 Å². The topological polar surface area (TPSA) is 53.5 Å². The lowest BCUT2D eigenvalue weighted by Crippen LogP contribution is -2.48. The monoisotopic (exact) mass is 295 g/mol. The Balaban J connectivity index is 2.12. The Bertz CT molecular complexity index is 480. The zero-order chi connectivity index (χ0) is 12.5. The normalized spacial score (nSPS) is 19.6. The van der Waals surface area contributed by atoms with Crippen molar-refractivity contribution in [3.8, 4) is 0 Å². The van der Waals surface area contributed by atoms with Gasteiger partial charge in [0.15, 0.2) is 8.68 Å². The molecule has 2 heterocycles. The van der Waals surface area contributed by atoms with Crippen molar-refractivity contribution in [1.82, 2.24) is 14.2 Å². The van der Waals surface area contributed by atoms with Gasteiger partial charge < -0.3 is 4.90 Å². The van der Waals surface area contributed by atoms with Crippen LogP contribution >= 0.6 is 22.9 Å². The fraction of sp³-hybridized carbons (Fsp3) is 0.667. The van der Waals surface area contributed by atoms with Gasteiger partial charge in [-0.25, -0.2) is 13.4 Å². The largest absolute Gasteiger partial charge is 0.301 e. The highest BCUT2D eigenvalue weighted by Crippen LogP contribution is 2.26. The van der Waals surface area contributed by atoms with E-state index in [4.69, 9.17) is 11.6 Å². The van der Waals surface area contributed by atoms with Gasteiger partial charge in [0, 0.05) is 26.2 Å². The number of piperazine rings is 1. The van der Waals surface area contributed by atoms with E-state index in [2.05, 4.69) is 16.8 Å². The molecule has 0 amide bonds. The molecule has 17 heavy (non-hydrogen) atoms. The average Bonchev–Trinajstić information content (AvgIpc) is 2.77. The Morgan fingerprint density at radius 2 is 2.06 bits per heavy atom. The molecule has 0 spiro atoms. The van der Waals surface area contributed by atoms with Crippen LogP contribution in [0.1, 0.15) is 6.92 Å². The van der Waals surface area contributed by atoms with E-state index in [1.807, 2.05) is 0 Å². The lowest BCUT2D eigenvalue weighted by Gasteiger charge is -2.32. The van der Waals surface area contributed by atoms with Gasteiger partial charge in [-0.3, -0.25) is 0 Å². The molecule has 1 saturated heterocycles. The number of likely N-dealkylation sites (N-methyl/N-ethyl adjacent to an activating group) is 1. The first-order chi connectivity index (χ1) is 8.04. The number of aromatic nitrogens is 1. The molecule has 96 valence electrons. The fourth-order valence-electron chi connectivity index (χ4n) is 1.77. The van der Waals surface area contributed by atoms with Crippen LogP contribution in [0.3, 0.4) is 0 Å². The van der Waals surface area contributed by atoms with Gasteiger partial charge in [0.1, 0.15) is 0 Å². The van der Waals surface area contributed by atoms with Gasteiger partial charge in [-0.1, -0.05) is 29.9 Å². The summed E-state index contributed by atoms with van der Waals surface area (Å²) in [6.07, 6.45) is 1.33. The van der Waals surface area contributed by atoms with Crippen molar-refractivity contribution in [2.24, 2.45) is 0 Å². The highest BCUT2D eigenvalue weighted by molar-refractivity contribution is 7.91. The third kappa shape index (κ3) is 2.79. The quantitative estimate of drug-likeness (QED) is 0.839. The summed E-state index contributed by atoms with van der Waals surface area (Å²) < 4.78 is 26.4. The van der Waals surface area contributed by atoms with Crippen molar-refractivity contribution >= 4 is 33.0 Å². The fourth-order valence-corrected chi connectivity index (χ4v) is 4.64. The molecule has 1 aromatic rings. The molecule has 0 unspecified atom stereocenters. The summed E-state index contributed by atoms with van der Waals surface area (Å²) in [6.45, 7) is 5.66. The number of hydrogen-bond donors (Lipinski definition) is 0. The van der Waals surface area contributed by atoms with E-state index in [9.17, 15) is 8.42 Å². The highest BCUT2D eigenvalue weighted by Gasteiger charge is 2.29. The van der Waals surface area contributed by atoms with Crippen LogP contribution in [-0.4, -0.2) is 55.3 Å². The number of nitrogens with zero attached hydrogens (tertiary/aromatic N) is 3. The van der Waals surface area contributed by atoms with Gasteiger partial charge in [-0.2, -0.15) is 4.31 Å². The van der Waals surface area contributed by atoms with Crippen molar-refractivity contribution < 1.29 is 8.42 Å². The second kappa shape index (κ2) is 5.19. The van der Waals surface area contributed by atoms with Gasteiger partial charge in [-0.15, -0.1) is 0 Å². The third-order valence-electron chi connectivity index (χ3n) is 2.83. The minimum Gasteiger partial charge on any atom is -0.301 e. The lowest BCUT2D eigenvalue weighted by atomic mass is 10.4. The Labute approximate surface area is 110 Å². The SMILES string of the molecule is CCN1CCN(S(=O)(=O)c2cnc(Cl)s2)CC1. The first-order valence-electron chi connectivity index (χ1n) is 5.38. The zero-order valence-corrected chi connectivity index (χ0v) is 11.9. The van der Waals surface area contributed by atoms with Gasteiger partial charge in [-0.05, 0) is 6.54 Å². The molecular formula is C9H14ClN3O2S2. The summed E-state index contributed by atoms with van der Waals surface area (Å²) in [4.78, 5) is 6.00. The molecular weight excluding hydrogens is 282 g/mol. The van der Waals surface area contributed by atoms with Crippen molar-refractivity contribution in [1.29, 1.82) is 0 Å². The second-order valence-corrected chi connectivity index (χ2v) is 7.55. The lowest BCUT2D eigenvalue weighted by molar-refractivity contribution is 0.196. The highest BCUT2D eigenvalue weighted by atomic mass is 35.5. The maximum Gasteiger partial charge on any atom is 0.254 e. The van der Waals surface area contributed by atoms with Crippen molar-refractivity contribution in [2.45, 2.75) is 11.1 Å². The van der Waals surface area contributed by atoms with Gasteiger partial charge in [0.2, 0.25) is 0 Å². The predicted molar refractivity (Wildman–Crippen MR) is 68.0 cm³/mol. The number of rotatable bonds is 3. The molecule has 0 N–H and O–H groups in total. The molecule has 0 radical (unpaired) electrons. The van der Waals surface area contributed by atoms with Crippen molar-refractivity contribution in [3.05, 3.63) is 10.7 Å². The predicted octanol–water partition coefficient (Wildman–Crippen LogP) is 1.12. The Kier molecular flexibility index (Phi) is 4.04. The number of hydrogen-bond acceptors (Lipinski definition) is 5. The van der Waals surface area contributed by atoms with Crippen LogP contribution in [0.25, 0.3) is 0 Å². The minimum atomic E-state index is -3.39. The minimum absolute atomic E-state index is 0.229. The summed E-state index contributed by atoms with van der Waals surface area (Å²) in [5.74, 6) is 0. The maximum absolute atomic E-state index is 12.2. The molecule has 2 rings (SSSR count). The standard InChI is InChI=1S/C9H14ClN3O2S2/c1-2-12-3-5-13(6-4-12)17(14,15)8-7-11-9(10)16-8/h7H,2-6H2,1H3. The van der Waals surface area contributed by atoms with Crippen LogP contribution < -0.4 is 0 Å². The van der Waals surface area contributed by atoms with Crippen LogP contribution in [-0.2, 0) is 10.0 Å². The molecule has 5 nitrogen and oxygen atoms in total. The molecule has 0 atom stereocenters. The first-order valence-corrected chi connectivity index (χ1v) is 8.01. The van der Waals surface area contributed by atoms with E-state index >= 15 is 0 Å². The molecule has 0 aromatic carbocycles. The smallest absolute Gasteiger partial charge is 0.254 e. The summed E-state index contributed by atoms with van der Waals surface area (Å²) >= 11 is 6.67. The Morgan fingerprint density at radius 1 is 1.41 bits per heavy atom. The van der Waals surface area contributed by atoms with Crippen LogP contribution in [0, 0.1) is 0 Å². The second-order valence-electron chi connectivity index (χ2n) is 3.77.